The number of thioether (sulfide) groups is 1. The highest BCUT2D eigenvalue weighted by Crippen LogP contribution is 2.40. The van der Waals surface area contributed by atoms with Gasteiger partial charge in [0, 0.05) is 11.3 Å². The number of ether oxygens (including phenoxy) is 2. The van der Waals surface area contributed by atoms with Crippen molar-refractivity contribution in [3.05, 3.63) is 77.0 Å². The summed E-state index contributed by atoms with van der Waals surface area (Å²) in [5.41, 5.74) is 1.71. The molecule has 2 aromatic rings. The lowest BCUT2D eigenvalue weighted by atomic mass is 10.0. The number of carbonyl (C=O) groups excluding carboxylic acids is 4. The number of amides is 2. The first-order valence-electron chi connectivity index (χ1n) is 10.3. The van der Waals surface area contributed by atoms with Crippen LogP contribution in [-0.2, 0) is 36.9 Å². The zero-order valence-electron chi connectivity index (χ0n) is 17.9. The van der Waals surface area contributed by atoms with Gasteiger partial charge in [-0.25, -0.2) is 4.79 Å². The number of rotatable bonds is 8. The molecule has 0 spiro atoms. The zero-order chi connectivity index (χ0) is 23.4. The molecule has 2 aliphatic heterocycles. The van der Waals surface area contributed by atoms with E-state index in [0.29, 0.717) is 12.0 Å². The molecular weight excluding hydrogens is 444 g/mol. The molecule has 0 radical (unpaired) electrons. The first-order valence-corrected chi connectivity index (χ1v) is 11.3. The van der Waals surface area contributed by atoms with Crippen LogP contribution in [0.4, 0.5) is 0 Å². The molecule has 0 saturated carbocycles. The van der Waals surface area contributed by atoms with E-state index in [1.165, 1.54) is 16.7 Å². The number of hydrogen-bond donors (Lipinski definition) is 1. The fourth-order valence-electron chi connectivity index (χ4n) is 3.67. The van der Waals surface area contributed by atoms with Gasteiger partial charge in [0.15, 0.2) is 0 Å². The lowest BCUT2D eigenvalue weighted by molar-refractivity contribution is -0.153. The predicted molar refractivity (Wildman–Crippen MR) is 121 cm³/mol. The summed E-state index contributed by atoms with van der Waals surface area (Å²) in [6.45, 7) is -0.0183. The number of fused-ring (bicyclic) bond motifs is 1. The fraction of sp³-hybridized carbons (Fsp3) is 0.250. The lowest BCUT2D eigenvalue weighted by Crippen LogP contribution is -2.70. The van der Waals surface area contributed by atoms with Gasteiger partial charge in [-0.05, 0) is 23.3 Å². The molecule has 33 heavy (non-hydrogen) atoms. The Kier molecular flexibility index (Phi) is 6.79. The van der Waals surface area contributed by atoms with Crippen molar-refractivity contribution in [2.24, 2.45) is 0 Å². The molecule has 2 aliphatic rings. The van der Waals surface area contributed by atoms with E-state index in [-0.39, 0.29) is 36.0 Å². The number of esters is 1. The molecule has 8 nitrogen and oxygen atoms in total. The zero-order valence-corrected chi connectivity index (χ0v) is 18.7. The van der Waals surface area contributed by atoms with E-state index in [4.69, 9.17) is 9.47 Å². The molecule has 1 saturated heterocycles. The van der Waals surface area contributed by atoms with Crippen molar-refractivity contribution in [3.63, 3.8) is 0 Å². The molecule has 0 aliphatic carbocycles. The van der Waals surface area contributed by atoms with Crippen molar-refractivity contribution in [3.8, 4) is 5.75 Å². The van der Waals surface area contributed by atoms with Gasteiger partial charge in [0.2, 0.25) is 5.91 Å². The Morgan fingerprint density at radius 1 is 1.12 bits per heavy atom. The Labute approximate surface area is 194 Å². The number of hydrogen-bond acceptors (Lipinski definition) is 7. The molecule has 2 aromatic carbocycles. The Hall–Kier alpha value is -3.59. The van der Waals surface area contributed by atoms with Crippen LogP contribution in [0, 0.1) is 0 Å². The van der Waals surface area contributed by atoms with Crippen LogP contribution >= 0.6 is 11.8 Å². The second kappa shape index (κ2) is 9.91. The first kappa shape index (κ1) is 22.6. The third kappa shape index (κ3) is 4.78. The van der Waals surface area contributed by atoms with Crippen LogP contribution in [0.5, 0.6) is 5.75 Å². The van der Waals surface area contributed by atoms with Crippen LogP contribution < -0.4 is 10.1 Å². The third-order valence-corrected chi connectivity index (χ3v) is 6.69. The van der Waals surface area contributed by atoms with Crippen molar-refractivity contribution in [1.29, 1.82) is 0 Å². The van der Waals surface area contributed by atoms with E-state index in [0.717, 1.165) is 11.1 Å². The molecule has 0 bridgehead atoms. The standard InChI is InChI=1S/C24H22N2O6S/c1-31-18-9-7-16(8-10-18)13-32-24(30)21-17(12-27)14-33-23-20(22(29)26(21)23)25-19(28)11-15-5-3-2-4-6-15/h2-10,12,20,23H,11,13-14H2,1H3,(H,25,28)/t20?,23-/m0/s1. The van der Waals surface area contributed by atoms with Gasteiger partial charge in [0.25, 0.3) is 5.91 Å². The average Bonchev–Trinajstić information content (AvgIpc) is 2.85. The Morgan fingerprint density at radius 3 is 2.52 bits per heavy atom. The molecule has 1 N–H and O–H groups in total. The fourth-order valence-corrected chi connectivity index (χ4v) is 4.96. The highest BCUT2D eigenvalue weighted by Gasteiger charge is 2.54. The summed E-state index contributed by atoms with van der Waals surface area (Å²) in [6.07, 6.45) is 0.718. The minimum atomic E-state index is -0.760. The summed E-state index contributed by atoms with van der Waals surface area (Å²) in [5.74, 6) is -0.552. The number of β-lactam (4-membered cyclic amide) rings is 1. The summed E-state index contributed by atoms with van der Waals surface area (Å²) in [7, 11) is 1.56. The maximum absolute atomic E-state index is 12.8. The van der Waals surface area contributed by atoms with E-state index < -0.39 is 23.3 Å². The predicted octanol–water partition coefficient (Wildman–Crippen LogP) is 1.83. The van der Waals surface area contributed by atoms with Crippen LogP contribution in [0.15, 0.2) is 65.9 Å². The van der Waals surface area contributed by atoms with Crippen molar-refractivity contribution in [2.75, 3.05) is 12.9 Å². The van der Waals surface area contributed by atoms with Gasteiger partial charge in [-0.2, -0.15) is 0 Å². The summed E-state index contributed by atoms with van der Waals surface area (Å²) >= 11 is 1.33. The van der Waals surface area contributed by atoms with Crippen molar-refractivity contribution < 1.29 is 28.7 Å². The van der Waals surface area contributed by atoms with E-state index in [1.54, 1.807) is 31.4 Å². The van der Waals surface area contributed by atoms with E-state index in [2.05, 4.69) is 5.32 Å². The molecule has 2 heterocycles. The average molecular weight is 467 g/mol. The molecule has 4 rings (SSSR count). The molecule has 0 aromatic heterocycles. The minimum Gasteiger partial charge on any atom is -0.497 e. The van der Waals surface area contributed by atoms with Gasteiger partial charge in [-0.1, -0.05) is 42.5 Å². The van der Waals surface area contributed by atoms with Crippen LogP contribution in [0.2, 0.25) is 0 Å². The second-order valence-electron chi connectivity index (χ2n) is 7.53. The number of carbonyl (C=O) groups is 4. The van der Waals surface area contributed by atoms with Crippen LogP contribution in [-0.4, -0.2) is 53.2 Å². The van der Waals surface area contributed by atoms with Gasteiger partial charge in [0.05, 0.1) is 13.5 Å². The van der Waals surface area contributed by atoms with Crippen molar-refractivity contribution in [2.45, 2.75) is 24.4 Å². The molecule has 1 unspecified atom stereocenters. The SMILES string of the molecule is COc1ccc(COC(=O)C2=C(C=O)CS[C@H]3C(NC(=O)Cc4ccccc4)C(=O)N23)cc1. The Bertz CT molecular complexity index is 1100. The van der Waals surface area contributed by atoms with Crippen molar-refractivity contribution >= 4 is 35.8 Å². The molecule has 2 atom stereocenters. The molecule has 170 valence electrons. The smallest absolute Gasteiger partial charge is 0.355 e. The van der Waals surface area contributed by atoms with Gasteiger partial charge in [-0.15, -0.1) is 11.8 Å². The van der Waals surface area contributed by atoms with Gasteiger partial charge in [-0.3, -0.25) is 19.3 Å². The number of benzene rings is 2. The molecule has 9 heteroatoms. The molecule has 2 amide bonds. The van der Waals surface area contributed by atoms with E-state index in [1.807, 2.05) is 30.3 Å². The number of methoxy groups -OCH3 is 1. The van der Waals surface area contributed by atoms with Crippen LogP contribution in [0.1, 0.15) is 11.1 Å². The Morgan fingerprint density at radius 2 is 1.85 bits per heavy atom. The number of nitrogens with one attached hydrogen (secondary N) is 1. The minimum absolute atomic E-state index is 0.0183. The lowest BCUT2D eigenvalue weighted by Gasteiger charge is -2.49. The number of aldehydes is 1. The van der Waals surface area contributed by atoms with Gasteiger partial charge >= 0.3 is 5.97 Å². The molecular formula is C24H22N2O6S. The topological polar surface area (TPSA) is 102 Å². The quantitative estimate of drug-likeness (QED) is 0.360. The first-order chi connectivity index (χ1) is 16.0. The highest BCUT2D eigenvalue weighted by atomic mass is 32.2. The van der Waals surface area contributed by atoms with E-state index in [9.17, 15) is 19.2 Å². The highest BCUT2D eigenvalue weighted by molar-refractivity contribution is 8.00. The van der Waals surface area contributed by atoms with Gasteiger partial charge < -0.3 is 14.8 Å². The molecule has 1 fully saturated rings. The summed E-state index contributed by atoms with van der Waals surface area (Å²) < 4.78 is 10.5. The van der Waals surface area contributed by atoms with Crippen LogP contribution in [0.25, 0.3) is 0 Å². The maximum atomic E-state index is 12.8. The second-order valence-corrected chi connectivity index (χ2v) is 8.64. The number of nitrogens with zero attached hydrogens (tertiary/aromatic N) is 1. The van der Waals surface area contributed by atoms with Gasteiger partial charge in [0.1, 0.15) is 35.8 Å². The largest absolute Gasteiger partial charge is 0.497 e. The third-order valence-electron chi connectivity index (χ3n) is 5.39. The summed E-state index contributed by atoms with van der Waals surface area (Å²) in [5, 5.41) is 2.28. The normalized spacial score (nSPS) is 19.3. The van der Waals surface area contributed by atoms with E-state index >= 15 is 0 Å². The monoisotopic (exact) mass is 466 g/mol. The van der Waals surface area contributed by atoms with Crippen molar-refractivity contribution in [1.82, 2.24) is 10.2 Å². The summed E-state index contributed by atoms with van der Waals surface area (Å²) in [6, 6.07) is 15.4. The Balaban J connectivity index is 1.41. The maximum Gasteiger partial charge on any atom is 0.355 e. The summed E-state index contributed by atoms with van der Waals surface area (Å²) in [4.78, 5) is 50.9. The van der Waals surface area contributed by atoms with Crippen LogP contribution in [0.3, 0.4) is 0 Å².